The van der Waals surface area contributed by atoms with Crippen LogP contribution < -0.4 is 5.56 Å². The number of aromatic nitrogens is 2. The minimum absolute atomic E-state index is 0.0433. The number of nitrogens with zero attached hydrogens (tertiary/aromatic N) is 3. The van der Waals surface area contributed by atoms with Gasteiger partial charge in [-0.1, -0.05) is 43.3 Å². The van der Waals surface area contributed by atoms with Crippen molar-refractivity contribution < 1.29 is 14.3 Å². The smallest absolute Gasteiger partial charge is 0.267 e. The molecule has 1 aromatic carbocycles. The van der Waals surface area contributed by atoms with E-state index in [-0.39, 0.29) is 22.8 Å². The Kier molecular flexibility index (Phi) is 7.03. The molecule has 0 saturated carbocycles. The molecule has 1 saturated heterocycles. The Morgan fingerprint density at radius 3 is 2.57 bits per heavy atom. The van der Waals surface area contributed by atoms with Crippen LogP contribution >= 0.6 is 23.1 Å². The van der Waals surface area contributed by atoms with Gasteiger partial charge in [-0.3, -0.25) is 14.2 Å². The van der Waals surface area contributed by atoms with Gasteiger partial charge in [0, 0.05) is 24.4 Å². The maximum Gasteiger partial charge on any atom is 0.267 e. The molecule has 1 amide bonds. The number of amides is 1. The van der Waals surface area contributed by atoms with Crippen molar-refractivity contribution in [2.75, 3.05) is 26.3 Å². The van der Waals surface area contributed by atoms with E-state index >= 15 is 0 Å². The summed E-state index contributed by atoms with van der Waals surface area (Å²) in [5, 5.41) is 0.855. The van der Waals surface area contributed by atoms with Crippen LogP contribution in [-0.2, 0) is 27.3 Å². The van der Waals surface area contributed by atoms with Gasteiger partial charge in [-0.15, -0.1) is 11.3 Å². The monoisotopic (exact) mass is 513 g/mol. The summed E-state index contributed by atoms with van der Waals surface area (Å²) >= 11 is 2.88. The van der Waals surface area contributed by atoms with E-state index in [1.807, 2.05) is 43.0 Å². The topological polar surface area (TPSA) is 73.7 Å². The molecule has 186 valence electrons. The third-order valence-electron chi connectivity index (χ3n) is 6.70. The average molecular weight is 514 g/mol. The van der Waals surface area contributed by atoms with Gasteiger partial charge in [0.2, 0.25) is 5.91 Å². The van der Waals surface area contributed by atoms with Crippen LogP contribution in [0.4, 0.5) is 0 Å². The van der Waals surface area contributed by atoms with E-state index in [4.69, 9.17) is 14.5 Å². The third-order valence-corrected chi connectivity index (χ3v) is 8.84. The number of morpholine rings is 1. The van der Waals surface area contributed by atoms with E-state index in [0.29, 0.717) is 49.4 Å². The molecular formula is C26H31N3O4S2. The van der Waals surface area contributed by atoms with Crippen molar-refractivity contribution in [1.82, 2.24) is 14.5 Å². The second kappa shape index (κ2) is 10.0. The van der Waals surface area contributed by atoms with Crippen molar-refractivity contribution in [3.05, 3.63) is 50.6 Å². The fourth-order valence-electron chi connectivity index (χ4n) is 4.59. The second-order valence-corrected chi connectivity index (χ2v) is 11.9. The predicted molar refractivity (Wildman–Crippen MR) is 140 cm³/mol. The summed E-state index contributed by atoms with van der Waals surface area (Å²) in [7, 11) is 0. The SMILES string of the molecule is Cc1ccc(-n2c(SC(C)C(=O)N3CCOCC3)nc3sc4c(c3c2=O)CC(C(C)C)OC4)cc1. The number of thioether (sulfide) groups is 1. The first-order valence-electron chi connectivity index (χ1n) is 12.1. The minimum atomic E-state index is -0.377. The molecule has 0 N–H and O–H groups in total. The van der Waals surface area contributed by atoms with Crippen LogP contribution in [0.5, 0.6) is 0 Å². The first-order valence-corrected chi connectivity index (χ1v) is 13.8. The molecule has 2 aromatic heterocycles. The van der Waals surface area contributed by atoms with Gasteiger partial charge in [0.15, 0.2) is 5.16 Å². The Hall–Kier alpha value is -2.20. The molecule has 0 bridgehead atoms. The van der Waals surface area contributed by atoms with Gasteiger partial charge in [-0.25, -0.2) is 4.98 Å². The summed E-state index contributed by atoms with van der Waals surface area (Å²) in [6, 6.07) is 7.88. The second-order valence-electron chi connectivity index (χ2n) is 9.55. The number of rotatable bonds is 5. The van der Waals surface area contributed by atoms with Gasteiger partial charge in [-0.05, 0) is 37.5 Å². The van der Waals surface area contributed by atoms with Gasteiger partial charge in [0.1, 0.15) is 4.83 Å². The molecule has 7 nitrogen and oxygen atoms in total. The Balaban J connectivity index is 1.60. The molecule has 9 heteroatoms. The predicted octanol–water partition coefficient (Wildman–Crippen LogP) is 4.19. The average Bonchev–Trinajstić information content (AvgIpc) is 3.23. The lowest BCUT2D eigenvalue weighted by Crippen LogP contribution is -2.44. The highest BCUT2D eigenvalue weighted by Crippen LogP contribution is 2.37. The molecule has 2 aliphatic rings. The molecule has 0 aliphatic carbocycles. The molecule has 0 radical (unpaired) electrons. The van der Waals surface area contributed by atoms with E-state index < -0.39 is 0 Å². The summed E-state index contributed by atoms with van der Waals surface area (Å²) in [5.74, 6) is 0.411. The van der Waals surface area contributed by atoms with Crippen LogP contribution in [0.25, 0.3) is 15.9 Å². The van der Waals surface area contributed by atoms with Gasteiger partial charge < -0.3 is 14.4 Å². The summed E-state index contributed by atoms with van der Waals surface area (Å²) in [4.78, 5) is 35.8. The van der Waals surface area contributed by atoms with Crippen LogP contribution in [0.15, 0.2) is 34.2 Å². The van der Waals surface area contributed by atoms with Crippen molar-refractivity contribution in [3.63, 3.8) is 0 Å². The van der Waals surface area contributed by atoms with Crippen LogP contribution in [0.2, 0.25) is 0 Å². The number of ether oxygens (including phenoxy) is 2. The summed E-state index contributed by atoms with van der Waals surface area (Å²) in [6.45, 7) is 11.0. The van der Waals surface area contributed by atoms with Gasteiger partial charge in [0.25, 0.3) is 5.56 Å². The maximum atomic E-state index is 14.1. The highest BCUT2D eigenvalue weighted by atomic mass is 32.2. The molecule has 1 fully saturated rings. The lowest BCUT2D eigenvalue weighted by Gasteiger charge is -2.29. The van der Waals surface area contributed by atoms with Gasteiger partial charge in [0.05, 0.1) is 42.2 Å². The molecule has 5 rings (SSSR count). The van der Waals surface area contributed by atoms with Crippen molar-refractivity contribution >= 4 is 39.2 Å². The number of thiophene rings is 1. The van der Waals surface area contributed by atoms with Crippen LogP contribution in [0.3, 0.4) is 0 Å². The van der Waals surface area contributed by atoms with E-state index in [1.165, 1.54) is 23.1 Å². The maximum absolute atomic E-state index is 14.1. The molecule has 3 aromatic rings. The zero-order valence-corrected chi connectivity index (χ0v) is 22.2. The van der Waals surface area contributed by atoms with Crippen LogP contribution in [0.1, 0.15) is 36.8 Å². The first-order chi connectivity index (χ1) is 16.8. The minimum Gasteiger partial charge on any atom is -0.378 e. The molecule has 2 unspecified atom stereocenters. The number of carbonyl (C=O) groups is 1. The lowest BCUT2D eigenvalue weighted by atomic mass is 9.96. The normalized spacial score (nSPS) is 19.2. The lowest BCUT2D eigenvalue weighted by molar-refractivity contribution is -0.134. The molecular weight excluding hydrogens is 482 g/mol. The molecule has 4 heterocycles. The summed E-state index contributed by atoms with van der Waals surface area (Å²) < 4.78 is 13.1. The Morgan fingerprint density at radius 1 is 1.17 bits per heavy atom. The van der Waals surface area contributed by atoms with E-state index in [2.05, 4.69) is 13.8 Å². The summed E-state index contributed by atoms with van der Waals surface area (Å²) in [5.41, 5.74) is 2.87. The number of hydrogen-bond acceptors (Lipinski definition) is 7. The van der Waals surface area contributed by atoms with Crippen molar-refractivity contribution in [2.45, 2.75) is 57.2 Å². The number of hydrogen-bond donors (Lipinski definition) is 0. The Morgan fingerprint density at radius 2 is 1.89 bits per heavy atom. The Bertz CT molecular complexity index is 1290. The van der Waals surface area contributed by atoms with E-state index in [1.54, 1.807) is 4.57 Å². The first kappa shape index (κ1) is 24.5. The van der Waals surface area contributed by atoms with Crippen LogP contribution in [-0.4, -0.2) is 58.0 Å². The van der Waals surface area contributed by atoms with Crippen molar-refractivity contribution in [2.24, 2.45) is 5.92 Å². The zero-order valence-electron chi connectivity index (χ0n) is 20.6. The molecule has 2 aliphatic heterocycles. The number of aryl methyl sites for hydroxylation is 1. The van der Waals surface area contributed by atoms with Crippen molar-refractivity contribution in [1.29, 1.82) is 0 Å². The standard InChI is InChI=1S/C26H31N3O4S2/c1-15(2)20-13-19-21(14-33-20)35-23-22(19)25(31)29(18-7-5-16(3)6-8-18)26(27-23)34-17(4)24(30)28-9-11-32-12-10-28/h5-8,15,17,20H,9-14H2,1-4H3. The van der Waals surface area contributed by atoms with Crippen molar-refractivity contribution in [3.8, 4) is 5.69 Å². The summed E-state index contributed by atoms with van der Waals surface area (Å²) in [6.07, 6.45) is 0.809. The quantitative estimate of drug-likeness (QED) is 0.376. The van der Waals surface area contributed by atoms with Gasteiger partial charge >= 0.3 is 0 Å². The third kappa shape index (κ3) is 4.79. The molecule has 35 heavy (non-hydrogen) atoms. The van der Waals surface area contributed by atoms with E-state index in [0.717, 1.165) is 32.9 Å². The van der Waals surface area contributed by atoms with E-state index in [9.17, 15) is 9.59 Å². The molecule has 0 spiro atoms. The zero-order chi connectivity index (χ0) is 24.7. The highest BCUT2D eigenvalue weighted by Gasteiger charge is 2.30. The number of benzene rings is 1. The number of carbonyl (C=O) groups excluding carboxylic acids is 1. The van der Waals surface area contributed by atoms with Crippen LogP contribution in [0, 0.1) is 12.8 Å². The Labute approximate surface area is 213 Å². The fourth-order valence-corrected chi connectivity index (χ4v) is 6.76. The molecule has 2 atom stereocenters. The largest absolute Gasteiger partial charge is 0.378 e. The fraction of sp³-hybridized carbons (Fsp3) is 0.500. The highest BCUT2D eigenvalue weighted by molar-refractivity contribution is 8.00. The number of fused-ring (bicyclic) bond motifs is 3. The van der Waals surface area contributed by atoms with Gasteiger partial charge in [-0.2, -0.15) is 0 Å².